The average Bonchev–Trinajstić information content (AvgIpc) is 2.34. The molecule has 0 aromatic heterocycles. The molecule has 0 aliphatic rings. The molecule has 19 heavy (non-hydrogen) atoms. The van der Waals surface area contributed by atoms with Crippen LogP contribution in [0.1, 0.15) is 12.0 Å². The lowest BCUT2D eigenvalue weighted by Gasteiger charge is -2.11. The molecule has 1 atom stereocenters. The Morgan fingerprint density at radius 2 is 1.95 bits per heavy atom. The van der Waals surface area contributed by atoms with Crippen molar-refractivity contribution < 1.29 is 13.2 Å². The zero-order valence-electron chi connectivity index (χ0n) is 10.6. The number of benzene rings is 1. The van der Waals surface area contributed by atoms with Gasteiger partial charge in [0.25, 0.3) is 0 Å². The van der Waals surface area contributed by atoms with Gasteiger partial charge in [0, 0.05) is 17.8 Å². The van der Waals surface area contributed by atoms with E-state index in [1.54, 1.807) is 24.3 Å². The van der Waals surface area contributed by atoms with Crippen LogP contribution in [0.2, 0.25) is 5.02 Å². The van der Waals surface area contributed by atoms with Gasteiger partial charge in [0.05, 0.1) is 11.8 Å². The van der Waals surface area contributed by atoms with Gasteiger partial charge in [-0.3, -0.25) is 4.79 Å². The van der Waals surface area contributed by atoms with Crippen LogP contribution in [0.3, 0.4) is 0 Å². The highest BCUT2D eigenvalue weighted by molar-refractivity contribution is 7.90. The first-order valence-electron chi connectivity index (χ1n) is 5.73. The first kappa shape index (κ1) is 15.9. The Morgan fingerprint density at radius 1 is 1.37 bits per heavy atom. The fourth-order valence-electron chi connectivity index (χ4n) is 1.39. The number of sulfone groups is 1. The fourth-order valence-corrected chi connectivity index (χ4v) is 2.20. The van der Waals surface area contributed by atoms with Crippen molar-refractivity contribution >= 4 is 27.3 Å². The third-order valence-electron chi connectivity index (χ3n) is 2.52. The molecule has 7 heteroatoms. The third-order valence-corrected chi connectivity index (χ3v) is 3.75. The zero-order valence-corrected chi connectivity index (χ0v) is 12.2. The van der Waals surface area contributed by atoms with Crippen LogP contribution < -0.4 is 11.1 Å². The van der Waals surface area contributed by atoms with E-state index in [-0.39, 0.29) is 18.1 Å². The number of rotatable bonds is 6. The first-order chi connectivity index (χ1) is 8.78. The molecule has 0 spiro atoms. The van der Waals surface area contributed by atoms with E-state index in [9.17, 15) is 13.2 Å². The smallest absolute Gasteiger partial charge is 0.237 e. The highest BCUT2D eigenvalue weighted by Crippen LogP contribution is 2.09. The van der Waals surface area contributed by atoms with E-state index in [4.69, 9.17) is 17.3 Å². The number of nitrogens with two attached hydrogens (primary N) is 1. The van der Waals surface area contributed by atoms with Crippen LogP contribution in [0.5, 0.6) is 0 Å². The van der Waals surface area contributed by atoms with Crippen molar-refractivity contribution in [2.45, 2.75) is 19.0 Å². The second-order valence-corrected chi connectivity index (χ2v) is 7.07. The Balaban J connectivity index is 2.40. The summed E-state index contributed by atoms with van der Waals surface area (Å²) in [6.45, 7) is 0.336. The summed E-state index contributed by atoms with van der Waals surface area (Å²) in [5.74, 6) is -0.457. The molecule has 0 fully saturated rings. The summed E-state index contributed by atoms with van der Waals surface area (Å²) in [6, 6.07) is 6.23. The molecule has 1 amide bonds. The maximum Gasteiger partial charge on any atom is 0.237 e. The van der Waals surface area contributed by atoms with Gasteiger partial charge in [-0.05, 0) is 24.1 Å². The molecular formula is C12H17ClN2O3S. The van der Waals surface area contributed by atoms with Crippen LogP contribution in [0.25, 0.3) is 0 Å². The molecule has 0 saturated heterocycles. The second kappa shape index (κ2) is 6.88. The van der Waals surface area contributed by atoms with Gasteiger partial charge in [-0.2, -0.15) is 0 Å². The van der Waals surface area contributed by atoms with Gasteiger partial charge in [0.2, 0.25) is 5.91 Å². The molecule has 1 rings (SSSR count). The number of carbonyl (C=O) groups excluding carboxylic acids is 1. The van der Waals surface area contributed by atoms with Crippen molar-refractivity contribution in [2.24, 2.45) is 5.73 Å². The van der Waals surface area contributed by atoms with E-state index < -0.39 is 15.9 Å². The quantitative estimate of drug-likeness (QED) is 0.810. The molecule has 0 aliphatic heterocycles. The van der Waals surface area contributed by atoms with Crippen LogP contribution in [-0.2, 0) is 21.2 Å². The summed E-state index contributed by atoms with van der Waals surface area (Å²) in [4.78, 5) is 11.6. The predicted molar refractivity (Wildman–Crippen MR) is 75.6 cm³/mol. The summed E-state index contributed by atoms with van der Waals surface area (Å²) in [5.41, 5.74) is 6.51. The third kappa shape index (κ3) is 6.56. The molecule has 106 valence electrons. The zero-order chi connectivity index (χ0) is 14.5. The van der Waals surface area contributed by atoms with Crippen LogP contribution in [0, 0.1) is 0 Å². The van der Waals surface area contributed by atoms with Gasteiger partial charge in [0.15, 0.2) is 0 Å². The van der Waals surface area contributed by atoms with E-state index in [1.165, 1.54) is 0 Å². The topological polar surface area (TPSA) is 89.3 Å². The number of carbonyl (C=O) groups is 1. The van der Waals surface area contributed by atoms with Crippen molar-refractivity contribution in [1.29, 1.82) is 0 Å². The Bertz CT molecular complexity index is 528. The molecule has 0 saturated carbocycles. The standard InChI is InChI=1S/C12H17ClN2O3S/c1-19(17,18)7-6-11(14)12(16)15-8-9-2-4-10(13)5-3-9/h2-5,11H,6-8,14H2,1H3,(H,15,16). The normalized spacial score (nSPS) is 13.0. The largest absolute Gasteiger partial charge is 0.351 e. The molecule has 0 heterocycles. The molecule has 0 radical (unpaired) electrons. The van der Waals surface area contributed by atoms with Gasteiger partial charge >= 0.3 is 0 Å². The summed E-state index contributed by atoms with van der Waals surface area (Å²) in [7, 11) is -3.10. The van der Waals surface area contributed by atoms with E-state index in [2.05, 4.69) is 5.32 Å². The van der Waals surface area contributed by atoms with Crippen molar-refractivity contribution in [3.05, 3.63) is 34.9 Å². The van der Waals surface area contributed by atoms with Crippen molar-refractivity contribution in [1.82, 2.24) is 5.32 Å². The summed E-state index contributed by atoms with van der Waals surface area (Å²) in [6.07, 6.45) is 1.23. The first-order valence-corrected chi connectivity index (χ1v) is 8.17. The summed E-state index contributed by atoms with van der Waals surface area (Å²) in [5, 5.41) is 3.28. The maximum atomic E-state index is 11.6. The molecule has 1 aromatic rings. The van der Waals surface area contributed by atoms with Crippen LogP contribution in [0.15, 0.2) is 24.3 Å². The second-order valence-electron chi connectivity index (χ2n) is 4.37. The number of amides is 1. The van der Waals surface area contributed by atoms with Gasteiger partial charge in [-0.1, -0.05) is 23.7 Å². The minimum absolute atomic E-state index is 0.0947. The maximum absolute atomic E-state index is 11.6. The molecule has 5 nitrogen and oxygen atoms in total. The van der Waals surface area contributed by atoms with Gasteiger partial charge < -0.3 is 11.1 Å². The highest BCUT2D eigenvalue weighted by atomic mass is 35.5. The van der Waals surface area contributed by atoms with Crippen molar-refractivity contribution in [3.8, 4) is 0 Å². The van der Waals surface area contributed by atoms with Crippen LogP contribution in [0.4, 0.5) is 0 Å². The fraction of sp³-hybridized carbons (Fsp3) is 0.417. The van der Waals surface area contributed by atoms with Crippen molar-refractivity contribution in [2.75, 3.05) is 12.0 Å². The molecule has 0 bridgehead atoms. The van der Waals surface area contributed by atoms with E-state index >= 15 is 0 Å². The summed E-state index contributed by atoms with van der Waals surface area (Å²) < 4.78 is 21.9. The lowest BCUT2D eigenvalue weighted by Crippen LogP contribution is -2.41. The number of hydrogen-bond acceptors (Lipinski definition) is 4. The molecular weight excluding hydrogens is 288 g/mol. The van der Waals surface area contributed by atoms with E-state index in [0.29, 0.717) is 11.6 Å². The van der Waals surface area contributed by atoms with Crippen LogP contribution in [-0.4, -0.2) is 32.4 Å². The van der Waals surface area contributed by atoms with Crippen molar-refractivity contribution in [3.63, 3.8) is 0 Å². The lowest BCUT2D eigenvalue weighted by molar-refractivity contribution is -0.122. The average molecular weight is 305 g/mol. The van der Waals surface area contributed by atoms with E-state index in [0.717, 1.165) is 11.8 Å². The van der Waals surface area contributed by atoms with Gasteiger partial charge in [-0.15, -0.1) is 0 Å². The SMILES string of the molecule is CS(=O)(=O)CCC(N)C(=O)NCc1ccc(Cl)cc1. The molecule has 0 aliphatic carbocycles. The van der Waals surface area contributed by atoms with Gasteiger partial charge in [-0.25, -0.2) is 8.42 Å². The Kier molecular flexibility index (Phi) is 5.78. The molecule has 3 N–H and O–H groups in total. The Labute approximate surface area is 118 Å². The number of hydrogen-bond donors (Lipinski definition) is 2. The highest BCUT2D eigenvalue weighted by Gasteiger charge is 2.15. The number of nitrogens with one attached hydrogen (secondary N) is 1. The predicted octanol–water partition coefficient (Wildman–Crippen LogP) is 0.718. The summed E-state index contributed by atoms with van der Waals surface area (Å²) >= 11 is 5.74. The van der Waals surface area contributed by atoms with Gasteiger partial charge in [0.1, 0.15) is 9.84 Å². The minimum Gasteiger partial charge on any atom is -0.351 e. The molecule has 1 aromatic carbocycles. The lowest BCUT2D eigenvalue weighted by atomic mass is 10.2. The Morgan fingerprint density at radius 3 is 2.47 bits per heavy atom. The van der Waals surface area contributed by atoms with E-state index in [1.807, 2.05) is 0 Å². The van der Waals surface area contributed by atoms with Crippen LogP contribution >= 0.6 is 11.6 Å². The molecule has 1 unspecified atom stereocenters. The minimum atomic E-state index is -3.10. The monoisotopic (exact) mass is 304 g/mol. The Hall–Kier alpha value is -1.11. The number of halogens is 1.